The summed E-state index contributed by atoms with van der Waals surface area (Å²) in [5.74, 6) is 0. The number of rotatable bonds is 1. The fourth-order valence-corrected chi connectivity index (χ4v) is 1.93. The maximum absolute atomic E-state index is 12.7. The Morgan fingerprint density at radius 2 is 1.48 bits per heavy atom. The molecule has 0 aliphatic rings. The Kier molecular flexibility index (Phi) is 3.69. The van der Waals surface area contributed by atoms with Gasteiger partial charge >= 0.3 is 12.4 Å². The van der Waals surface area contributed by atoms with Gasteiger partial charge in [0.1, 0.15) is 5.15 Å². The second kappa shape index (κ2) is 4.94. The summed E-state index contributed by atoms with van der Waals surface area (Å²) in [6.07, 6.45) is -9.22. The molecule has 0 atom stereocenters. The summed E-state index contributed by atoms with van der Waals surface area (Å²) in [7, 11) is 0. The van der Waals surface area contributed by atoms with Gasteiger partial charge in [-0.3, -0.25) is 0 Å². The topological polar surface area (TPSA) is 17.8 Å². The highest BCUT2D eigenvalue weighted by atomic mass is 35.5. The average Bonchev–Trinajstić information content (AvgIpc) is 2.65. The Bertz CT molecular complexity index is 654. The Balaban J connectivity index is 2.48. The third-order valence-corrected chi connectivity index (χ3v) is 3.20. The van der Waals surface area contributed by atoms with Gasteiger partial charge in [-0.1, -0.05) is 11.6 Å². The van der Waals surface area contributed by atoms with Crippen LogP contribution in [0.2, 0.25) is 5.15 Å². The molecule has 2 nitrogen and oxygen atoms in total. The molecule has 0 unspecified atom stereocenters. The average molecular weight is 329 g/mol. The highest BCUT2D eigenvalue weighted by Gasteiger charge is 2.38. The molecule has 0 spiro atoms. The second-order valence-electron chi connectivity index (χ2n) is 4.22. The van der Waals surface area contributed by atoms with Crippen molar-refractivity contribution in [2.24, 2.45) is 0 Å². The number of benzene rings is 1. The minimum absolute atomic E-state index is 0.00611. The van der Waals surface area contributed by atoms with Crippen LogP contribution in [0, 0.1) is 6.92 Å². The van der Waals surface area contributed by atoms with Crippen molar-refractivity contribution in [1.82, 2.24) is 9.78 Å². The van der Waals surface area contributed by atoms with E-state index >= 15 is 0 Å². The van der Waals surface area contributed by atoms with Crippen LogP contribution in [-0.4, -0.2) is 9.78 Å². The predicted octanol–water partition coefficient (Wildman–Crippen LogP) is 4.87. The molecule has 21 heavy (non-hydrogen) atoms. The van der Waals surface area contributed by atoms with E-state index in [4.69, 9.17) is 11.6 Å². The van der Waals surface area contributed by atoms with Crippen molar-refractivity contribution in [2.45, 2.75) is 19.3 Å². The Morgan fingerprint density at radius 1 is 0.952 bits per heavy atom. The van der Waals surface area contributed by atoms with Crippen molar-refractivity contribution in [2.75, 3.05) is 0 Å². The smallest absolute Gasteiger partial charge is 0.221 e. The minimum Gasteiger partial charge on any atom is -0.221 e. The maximum Gasteiger partial charge on any atom is 0.435 e. The normalized spacial score (nSPS) is 12.8. The lowest BCUT2D eigenvalue weighted by molar-refractivity contribution is -0.141. The summed E-state index contributed by atoms with van der Waals surface area (Å²) < 4.78 is 76.1. The van der Waals surface area contributed by atoms with Crippen molar-refractivity contribution in [3.05, 3.63) is 46.2 Å². The third-order valence-electron chi connectivity index (χ3n) is 2.76. The van der Waals surface area contributed by atoms with Gasteiger partial charge in [0.15, 0.2) is 5.69 Å². The largest absolute Gasteiger partial charge is 0.435 e. The molecule has 0 aliphatic carbocycles. The molecule has 0 aliphatic heterocycles. The molecule has 2 aromatic rings. The van der Waals surface area contributed by atoms with E-state index in [1.165, 1.54) is 0 Å². The first kappa shape index (κ1) is 15.7. The van der Waals surface area contributed by atoms with E-state index in [0.717, 1.165) is 35.9 Å². The molecule has 0 fully saturated rings. The monoisotopic (exact) mass is 328 g/mol. The zero-order chi connectivity index (χ0) is 16.0. The summed E-state index contributed by atoms with van der Waals surface area (Å²) in [4.78, 5) is 0. The first-order valence-corrected chi connectivity index (χ1v) is 5.89. The Hall–Kier alpha value is -1.70. The van der Waals surface area contributed by atoms with E-state index in [1.54, 1.807) is 0 Å². The lowest BCUT2D eigenvalue weighted by Crippen LogP contribution is -2.09. The molecule has 1 heterocycles. The minimum atomic E-state index is -4.69. The van der Waals surface area contributed by atoms with E-state index in [0.29, 0.717) is 0 Å². The summed E-state index contributed by atoms with van der Waals surface area (Å²) in [6.45, 7) is 1.14. The molecule has 114 valence electrons. The van der Waals surface area contributed by atoms with Crippen LogP contribution in [0.1, 0.15) is 16.8 Å². The van der Waals surface area contributed by atoms with Crippen molar-refractivity contribution >= 4 is 11.6 Å². The number of hydrogen-bond donors (Lipinski definition) is 0. The van der Waals surface area contributed by atoms with Gasteiger partial charge in [0, 0.05) is 5.56 Å². The molecular formula is C12H7ClF6N2. The van der Waals surface area contributed by atoms with Crippen LogP contribution in [0.25, 0.3) is 5.69 Å². The summed E-state index contributed by atoms with van der Waals surface area (Å²) in [5, 5.41) is 3.02. The number of nitrogens with zero attached hydrogens (tertiary/aromatic N) is 2. The molecule has 0 saturated carbocycles. The van der Waals surface area contributed by atoms with Crippen molar-refractivity contribution < 1.29 is 26.3 Å². The molecule has 0 amide bonds. The van der Waals surface area contributed by atoms with Gasteiger partial charge in [-0.2, -0.15) is 31.4 Å². The van der Waals surface area contributed by atoms with Crippen LogP contribution in [0.15, 0.2) is 24.3 Å². The molecule has 0 bridgehead atoms. The van der Waals surface area contributed by atoms with E-state index in [-0.39, 0.29) is 16.4 Å². The standard InChI is InChI=1S/C12H7ClF6N2/c1-6-9(12(17,18)19)20-21(10(6)13)8-4-2-7(3-5-8)11(14,15)16/h2-5H,1H3. The van der Waals surface area contributed by atoms with Gasteiger partial charge in [-0.25, -0.2) is 4.68 Å². The molecule has 9 heteroatoms. The molecule has 1 aromatic heterocycles. The van der Waals surface area contributed by atoms with E-state index in [9.17, 15) is 26.3 Å². The highest BCUT2D eigenvalue weighted by Crippen LogP contribution is 2.35. The van der Waals surface area contributed by atoms with Crippen molar-refractivity contribution in [3.8, 4) is 5.69 Å². The van der Waals surface area contributed by atoms with E-state index in [2.05, 4.69) is 5.10 Å². The zero-order valence-corrected chi connectivity index (χ0v) is 11.1. The predicted molar refractivity (Wildman–Crippen MR) is 63.3 cm³/mol. The molecule has 0 radical (unpaired) electrons. The van der Waals surface area contributed by atoms with E-state index in [1.807, 2.05) is 0 Å². The van der Waals surface area contributed by atoms with Gasteiger partial charge in [-0.15, -0.1) is 0 Å². The third kappa shape index (κ3) is 2.99. The second-order valence-corrected chi connectivity index (χ2v) is 4.58. The number of halogens is 7. The van der Waals surface area contributed by atoms with Crippen molar-refractivity contribution in [1.29, 1.82) is 0 Å². The Morgan fingerprint density at radius 3 is 1.86 bits per heavy atom. The van der Waals surface area contributed by atoms with Gasteiger partial charge in [0.2, 0.25) is 0 Å². The lowest BCUT2D eigenvalue weighted by atomic mass is 10.2. The Labute approximate surface area is 119 Å². The molecule has 0 saturated heterocycles. The first-order chi connectivity index (χ1) is 9.51. The van der Waals surface area contributed by atoms with Crippen LogP contribution in [0.5, 0.6) is 0 Å². The van der Waals surface area contributed by atoms with Crippen LogP contribution in [0.3, 0.4) is 0 Å². The van der Waals surface area contributed by atoms with Gasteiger partial charge in [-0.05, 0) is 31.2 Å². The molecular weight excluding hydrogens is 322 g/mol. The van der Waals surface area contributed by atoms with E-state index < -0.39 is 23.6 Å². The van der Waals surface area contributed by atoms with Gasteiger partial charge in [0.25, 0.3) is 0 Å². The van der Waals surface area contributed by atoms with Crippen LogP contribution in [-0.2, 0) is 12.4 Å². The SMILES string of the molecule is Cc1c(C(F)(F)F)nn(-c2ccc(C(F)(F)F)cc2)c1Cl. The summed E-state index contributed by atoms with van der Waals surface area (Å²) >= 11 is 5.76. The number of hydrogen-bond acceptors (Lipinski definition) is 1. The molecule has 2 rings (SSSR count). The highest BCUT2D eigenvalue weighted by molar-refractivity contribution is 6.30. The summed E-state index contributed by atoms with van der Waals surface area (Å²) in [6, 6.07) is 3.49. The zero-order valence-electron chi connectivity index (χ0n) is 10.3. The maximum atomic E-state index is 12.7. The van der Waals surface area contributed by atoms with Crippen molar-refractivity contribution in [3.63, 3.8) is 0 Å². The fraction of sp³-hybridized carbons (Fsp3) is 0.250. The number of alkyl halides is 6. The molecule has 1 aromatic carbocycles. The fourth-order valence-electron chi connectivity index (χ4n) is 1.71. The lowest BCUT2D eigenvalue weighted by Gasteiger charge is -2.08. The molecule has 0 N–H and O–H groups in total. The quantitative estimate of drug-likeness (QED) is 0.683. The van der Waals surface area contributed by atoms with Crippen LogP contribution in [0.4, 0.5) is 26.3 Å². The summed E-state index contributed by atoms with van der Waals surface area (Å²) in [5.41, 5.74) is -2.37. The number of aromatic nitrogens is 2. The van der Waals surface area contributed by atoms with Crippen LogP contribution < -0.4 is 0 Å². The van der Waals surface area contributed by atoms with Gasteiger partial charge < -0.3 is 0 Å². The van der Waals surface area contributed by atoms with Crippen LogP contribution >= 0.6 is 11.6 Å². The van der Waals surface area contributed by atoms with Gasteiger partial charge in [0.05, 0.1) is 11.3 Å². The first-order valence-electron chi connectivity index (χ1n) is 5.52.